The smallest absolute Gasteiger partial charge is 0.490 e. The molecule has 102 valence electrons. The summed E-state index contributed by atoms with van der Waals surface area (Å²) in [4.78, 5) is 0. The number of hydrogen-bond donors (Lipinski definition) is 1. The number of halogens is 4. The third-order valence-corrected chi connectivity index (χ3v) is 2.33. The van der Waals surface area contributed by atoms with Gasteiger partial charge in [0, 0.05) is 0 Å². The summed E-state index contributed by atoms with van der Waals surface area (Å²) < 4.78 is 43.7. The van der Waals surface area contributed by atoms with Gasteiger partial charge in [0.25, 0.3) is 0 Å². The second-order valence-electron chi connectivity index (χ2n) is 3.45. The lowest BCUT2D eigenvalue weighted by Gasteiger charge is -2.10. The highest BCUT2D eigenvalue weighted by atomic mass is 35.5. The Bertz CT molecular complexity index is 385. The SMILES string of the molecule is NCCc1ccc(OCCOC(F)(F)F)c(Cl)c1. The molecule has 0 aliphatic rings. The molecule has 1 rings (SSSR count). The molecular formula is C11H13ClF3NO2. The fourth-order valence-electron chi connectivity index (χ4n) is 1.29. The monoisotopic (exact) mass is 283 g/mol. The molecular weight excluding hydrogens is 271 g/mol. The van der Waals surface area contributed by atoms with Gasteiger partial charge in [-0.15, -0.1) is 13.2 Å². The zero-order valence-corrected chi connectivity index (χ0v) is 10.2. The van der Waals surface area contributed by atoms with Gasteiger partial charge in [-0.05, 0) is 30.7 Å². The van der Waals surface area contributed by atoms with Crippen LogP contribution in [0.25, 0.3) is 0 Å². The van der Waals surface area contributed by atoms with Crippen LogP contribution in [0.5, 0.6) is 5.75 Å². The molecule has 0 bridgehead atoms. The van der Waals surface area contributed by atoms with Crippen LogP contribution >= 0.6 is 11.6 Å². The first kappa shape index (κ1) is 15.1. The Morgan fingerprint density at radius 1 is 1.22 bits per heavy atom. The van der Waals surface area contributed by atoms with Crippen molar-refractivity contribution < 1.29 is 22.6 Å². The second kappa shape index (κ2) is 6.82. The second-order valence-corrected chi connectivity index (χ2v) is 3.85. The zero-order chi connectivity index (χ0) is 13.6. The van der Waals surface area contributed by atoms with E-state index in [4.69, 9.17) is 22.1 Å². The summed E-state index contributed by atoms with van der Waals surface area (Å²) in [6, 6.07) is 5.04. The molecule has 0 fully saturated rings. The maximum Gasteiger partial charge on any atom is 0.522 e. The molecule has 2 N–H and O–H groups in total. The summed E-state index contributed by atoms with van der Waals surface area (Å²) in [6.45, 7) is -0.310. The van der Waals surface area contributed by atoms with Crippen molar-refractivity contribution in [1.29, 1.82) is 0 Å². The highest BCUT2D eigenvalue weighted by Gasteiger charge is 2.28. The van der Waals surface area contributed by atoms with Crippen molar-refractivity contribution in [3.8, 4) is 5.75 Å². The summed E-state index contributed by atoms with van der Waals surface area (Å²) >= 11 is 5.91. The van der Waals surface area contributed by atoms with Crippen LogP contribution in [0.4, 0.5) is 13.2 Å². The fraction of sp³-hybridized carbons (Fsp3) is 0.455. The number of alkyl halides is 3. The Morgan fingerprint density at radius 3 is 2.50 bits per heavy atom. The number of hydrogen-bond acceptors (Lipinski definition) is 3. The average molecular weight is 284 g/mol. The van der Waals surface area contributed by atoms with Gasteiger partial charge < -0.3 is 10.5 Å². The molecule has 1 aromatic carbocycles. The van der Waals surface area contributed by atoms with Gasteiger partial charge in [0.1, 0.15) is 12.4 Å². The molecule has 7 heteroatoms. The highest BCUT2D eigenvalue weighted by Crippen LogP contribution is 2.25. The average Bonchev–Trinajstić information content (AvgIpc) is 2.26. The Balaban J connectivity index is 2.43. The van der Waals surface area contributed by atoms with Crippen LogP contribution in [0.1, 0.15) is 5.56 Å². The summed E-state index contributed by atoms with van der Waals surface area (Å²) in [6.07, 6.45) is -3.96. The molecule has 0 spiro atoms. The van der Waals surface area contributed by atoms with Crippen LogP contribution < -0.4 is 10.5 Å². The maximum absolute atomic E-state index is 11.7. The van der Waals surface area contributed by atoms with Gasteiger partial charge in [0.15, 0.2) is 0 Å². The van der Waals surface area contributed by atoms with Crippen LogP contribution in [0.15, 0.2) is 18.2 Å². The van der Waals surface area contributed by atoms with Crippen molar-refractivity contribution in [3.05, 3.63) is 28.8 Å². The molecule has 0 saturated carbocycles. The lowest BCUT2D eigenvalue weighted by Crippen LogP contribution is -2.18. The number of nitrogens with two attached hydrogens (primary N) is 1. The maximum atomic E-state index is 11.7. The van der Waals surface area contributed by atoms with Gasteiger partial charge in [-0.3, -0.25) is 4.74 Å². The largest absolute Gasteiger partial charge is 0.522 e. The minimum Gasteiger partial charge on any atom is -0.490 e. The highest BCUT2D eigenvalue weighted by molar-refractivity contribution is 6.32. The van der Waals surface area contributed by atoms with Crippen LogP contribution in [0.3, 0.4) is 0 Å². The Labute approximate surface area is 108 Å². The quantitative estimate of drug-likeness (QED) is 0.817. The van der Waals surface area contributed by atoms with E-state index in [9.17, 15) is 13.2 Å². The van der Waals surface area contributed by atoms with Gasteiger partial charge in [0.2, 0.25) is 0 Å². The summed E-state index contributed by atoms with van der Waals surface area (Å²) in [5, 5.41) is 0.341. The van der Waals surface area contributed by atoms with E-state index >= 15 is 0 Å². The summed E-state index contributed by atoms with van der Waals surface area (Å²) in [7, 11) is 0. The third kappa shape index (κ3) is 5.57. The van der Waals surface area contributed by atoms with E-state index in [0.717, 1.165) is 5.56 Å². The minimum atomic E-state index is -4.64. The predicted molar refractivity (Wildman–Crippen MR) is 61.7 cm³/mol. The van der Waals surface area contributed by atoms with Crippen LogP contribution in [-0.4, -0.2) is 26.1 Å². The van der Waals surface area contributed by atoms with E-state index in [0.29, 0.717) is 23.7 Å². The van der Waals surface area contributed by atoms with Crippen molar-refractivity contribution in [1.82, 2.24) is 0 Å². The standard InChI is InChI=1S/C11H13ClF3NO2/c12-9-7-8(3-4-16)1-2-10(9)17-5-6-18-11(13,14)15/h1-2,7H,3-6,16H2. The van der Waals surface area contributed by atoms with Gasteiger partial charge in [-0.2, -0.15) is 0 Å². The van der Waals surface area contributed by atoms with E-state index in [2.05, 4.69) is 4.74 Å². The Kier molecular flexibility index (Phi) is 5.71. The van der Waals surface area contributed by atoms with Gasteiger partial charge in [-0.1, -0.05) is 17.7 Å². The number of rotatable bonds is 6. The summed E-state index contributed by atoms with van der Waals surface area (Å²) in [5.41, 5.74) is 6.34. The molecule has 0 saturated heterocycles. The topological polar surface area (TPSA) is 44.5 Å². The zero-order valence-electron chi connectivity index (χ0n) is 9.47. The lowest BCUT2D eigenvalue weighted by atomic mass is 10.1. The van der Waals surface area contributed by atoms with Crippen LogP contribution in [0, 0.1) is 0 Å². The van der Waals surface area contributed by atoms with E-state index in [1.165, 1.54) is 0 Å². The van der Waals surface area contributed by atoms with E-state index < -0.39 is 13.0 Å². The molecule has 0 atom stereocenters. The molecule has 0 aliphatic carbocycles. The van der Waals surface area contributed by atoms with Crippen LogP contribution in [0.2, 0.25) is 5.02 Å². The molecule has 0 aliphatic heterocycles. The molecule has 18 heavy (non-hydrogen) atoms. The number of benzene rings is 1. The van der Waals surface area contributed by atoms with Gasteiger partial charge in [-0.25, -0.2) is 0 Å². The Hall–Kier alpha value is -0.980. The first-order chi connectivity index (χ1) is 8.42. The fourth-order valence-corrected chi connectivity index (χ4v) is 1.55. The van der Waals surface area contributed by atoms with Gasteiger partial charge in [0.05, 0.1) is 11.6 Å². The van der Waals surface area contributed by atoms with E-state index in [-0.39, 0.29) is 6.61 Å². The molecule has 3 nitrogen and oxygen atoms in total. The van der Waals surface area contributed by atoms with E-state index in [1.54, 1.807) is 18.2 Å². The molecule has 0 heterocycles. The Morgan fingerprint density at radius 2 is 1.94 bits per heavy atom. The van der Waals surface area contributed by atoms with Crippen molar-refractivity contribution in [2.75, 3.05) is 19.8 Å². The van der Waals surface area contributed by atoms with Crippen molar-refractivity contribution >= 4 is 11.6 Å². The molecule has 1 aromatic rings. The molecule has 0 aromatic heterocycles. The van der Waals surface area contributed by atoms with Crippen molar-refractivity contribution in [3.63, 3.8) is 0 Å². The van der Waals surface area contributed by atoms with Crippen LogP contribution in [-0.2, 0) is 11.2 Å². The number of ether oxygens (including phenoxy) is 2. The van der Waals surface area contributed by atoms with Gasteiger partial charge >= 0.3 is 6.36 Å². The predicted octanol–water partition coefficient (Wildman–Crippen LogP) is 2.76. The third-order valence-electron chi connectivity index (χ3n) is 2.04. The molecule has 0 radical (unpaired) electrons. The first-order valence-electron chi connectivity index (χ1n) is 5.24. The van der Waals surface area contributed by atoms with Crippen molar-refractivity contribution in [2.45, 2.75) is 12.8 Å². The minimum absolute atomic E-state index is 0.227. The molecule has 0 unspecified atom stereocenters. The summed E-state index contributed by atoms with van der Waals surface area (Å²) in [5.74, 6) is 0.322. The normalized spacial score (nSPS) is 11.6. The van der Waals surface area contributed by atoms with Crippen molar-refractivity contribution in [2.24, 2.45) is 5.73 Å². The van der Waals surface area contributed by atoms with E-state index in [1.807, 2.05) is 0 Å². The first-order valence-corrected chi connectivity index (χ1v) is 5.62. The molecule has 0 amide bonds. The lowest BCUT2D eigenvalue weighted by molar-refractivity contribution is -0.325.